The standard InChI is InChI=1S/C41H48N4O4/c1-29-38(27-45-22-6-10-37(45)26-44-20-2-3-21-44)48-41(49-39(29)33-13-11-30(28-46)12-14-33)34-17-15-32(16-18-34)35-8-4-7-31(23-35)24-43-40(47)36-9-5-19-42-25-36/h4-5,7-9,11-19,23,25,29,37-39,41,46H,2-3,6,10,20-22,24,26-28H2,1H3,(H,43,47). The summed E-state index contributed by atoms with van der Waals surface area (Å²) in [7, 11) is 0. The van der Waals surface area contributed by atoms with Crippen molar-refractivity contribution in [3.63, 3.8) is 0 Å². The van der Waals surface area contributed by atoms with Crippen LogP contribution in [0.4, 0.5) is 0 Å². The molecule has 8 nitrogen and oxygen atoms in total. The van der Waals surface area contributed by atoms with E-state index < -0.39 is 6.29 Å². The number of nitrogens with zero attached hydrogens (tertiary/aromatic N) is 3. The Morgan fingerprint density at radius 3 is 2.41 bits per heavy atom. The molecule has 0 bridgehead atoms. The number of amides is 1. The maximum absolute atomic E-state index is 12.5. The van der Waals surface area contributed by atoms with Gasteiger partial charge < -0.3 is 24.8 Å². The summed E-state index contributed by atoms with van der Waals surface area (Å²) in [5.41, 5.74) is 6.74. The van der Waals surface area contributed by atoms with Crippen molar-refractivity contribution >= 4 is 5.91 Å². The van der Waals surface area contributed by atoms with Gasteiger partial charge in [-0.15, -0.1) is 0 Å². The predicted octanol–water partition coefficient (Wildman–Crippen LogP) is 6.52. The van der Waals surface area contributed by atoms with E-state index >= 15 is 0 Å². The first-order valence-corrected chi connectivity index (χ1v) is 17.9. The summed E-state index contributed by atoms with van der Waals surface area (Å²) in [6.45, 7) is 8.34. The number of aromatic nitrogens is 1. The van der Waals surface area contributed by atoms with Gasteiger partial charge in [-0.2, -0.15) is 0 Å². The summed E-state index contributed by atoms with van der Waals surface area (Å²) in [6.07, 6.45) is 7.76. The third kappa shape index (κ3) is 8.11. The Kier molecular flexibility index (Phi) is 10.8. The Balaban J connectivity index is 1.07. The van der Waals surface area contributed by atoms with Gasteiger partial charge in [0.15, 0.2) is 6.29 Å². The number of carbonyl (C=O) groups excluding carboxylic acids is 1. The van der Waals surface area contributed by atoms with Gasteiger partial charge in [-0.05, 0) is 91.3 Å². The van der Waals surface area contributed by atoms with Crippen molar-refractivity contribution in [3.05, 3.63) is 125 Å². The zero-order valence-corrected chi connectivity index (χ0v) is 28.4. The first kappa shape index (κ1) is 33.6. The van der Waals surface area contributed by atoms with E-state index in [1.807, 2.05) is 24.3 Å². The molecule has 2 N–H and O–H groups in total. The molecule has 256 valence electrons. The van der Waals surface area contributed by atoms with Gasteiger partial charge in [0.1, 0.15) is 0 Å². The lowest BCUT2D eigenvalue weighted by Gasteiger charge is -2.43. The number of hydrogen-bond acceptors (Lipinski definition) is 7. The fourth-order valence-electron chi connectivity index (χ4n) is 7.64. The number of hydrogen-bond donors (Lipinski definition) is 2. The zero-order valence-electron chi connectivity index (χ0n) is 28.4. The molecule has 3 aliphatic heterocycles. The largest absolute Gasteiger partial charge is 0.392 e. The predicted molar refractivity (Wildman–Crippen MR) is 191 cm³/mol. The van der Waals surface area contributed by atoms with Crippen LogP contribution in [0, 0.1) is 5.92 Å². The van der Waals surface area contributed by atoms with Crippen LogP contribution in [-0.4, -0.2) is 70.7 Å². The van der Waals surface area contributed by atoms with Gasteiger partial charge in [0, 0.05) is 49.6 Å². The van der Waals surface area contributed by atoms with E-state index in [1.54, 1.807) is 24.5 Å². The second-order valence-corrected chi connectivity index (χ2v) is 13.9. The minimum Gasteiger partial charge on any atom is -0.392 e. The van der Waals surface area contributed by atoms with Gasteiger partial charge in [-0.3, -0.25) is 14.7 Å². The van der Waals surface area contributed by atoms with Crippen LogP contribution in [0.5, 0.6) is 0 Å². The highest BCUT2D eigenvalue weighted by atomic mass is 16.7. The van der Waals surface area contributed by atoms with Crippen molar-refractivity contribution in [2.75, 3.05) is 32.7 Å². The third-order valence-corrected chi connectivity index (χ3v) is 10.5. The van der Waals surface area contributed by atoms with E-state index in [-0.39, 0.29) is 30.6 Å². The Bertz CT molecular complexity index is 1660. The molecule has 4 heterocycles. The van der Waals surface area contributed by atoms with Crippen LogP contribution in [-0.2, 0) is 22.6 Å². The van der Waals surface area contributed by atoms with E-state index in [2.05, 4.69) is 75.6 Å². The Morgan fingerprint density at radius 1 is 0.857 bits per heavy atom. The number of rotatable bonds is 11. The minimum atomic E-state index is -0.494. The Labute approximate surface area is 290 Å². The van der Waals surface area contributed by atoms with Gasteiger partial charge in [0.25, 0.3) is 5.91 Å². The molecule has 1 amide bonds. The highest BCUT2D eigenvalue weighted by Crippen LogP contribution is 2.42. The zero-order chi connectivity index (χ0) is 33.6. The monoisotopic (exact) mass is 660 g/mol. The van der Waals surface area contributed by atoms with Crippen molar-refractivity contribution in [1.29, 1.82) is 0 Å². The van der Waals surface area contributed by atoms with Crippen molar-refractivity contribution < 1.29 is 19.4 Å². The highest BCUT2D eigenvalue weighted by molar-refractivity contribution is 5.93. The van der Waals surface area contributed by atoms with E-state index in [9.17, 15) is 9.90 Å². The quantitative estimate of drug-likeness (QED) is 0.189. The smallest absolute Gasteiger partial charge is 0.253 e. The van der Waals surface area contributed by atoms with Crippen LogP contribution in [0.1, 0.15) is 77.6 Å². The van der Waals surface area contributed by atoms with Gasteiger partial charge >= 0.3 is 0 Å². The van der Waals surface area contributed by atoms with Crippen LogP contribution in [0.2, 0.25) is 0 Å². The normalized spacial score (nSPS) is 24.7. The summed E-state index contributed by atoms with van der Waals surface area (Å²) in [6, 6.07) is 29.0. The van der Waals surface area contributed by atoms with Crippen molar-refractivity contribution in [2.24, 2.45) is 5.92 Å². The average molecular weight is 661 g/mol. The van der Waals surface area contributed by atoms with Crippen molar-refractivity contribution in [3.8, 4) is 11.1 Å². The maximum atomic E-state index is 12.5. The molecule has 0 saturated carbocycles. The van der Waals surface area contributed by atoms with E-state index in [1.165, 1.54) is 38.8 Å². The van der Waals surface area contributed by atoms with Gasteiger partial charge in [-0.1, -0.05) is 73.7 Å². The topological polar surface area (TPSA) is 87.2 Å². The fourth-order valence-corrected chi connectivity index (χ4v) is 7.64. The first-order chi connectivity index (χ1) is 24.0. The molecule has 7 rings (SSSR count). The number of ether oxygens (including phenoxy) is 2. The summed E-state index contributed by atoms with van der Waals surface area (Å²) in [4.78, 5) is 21.9. The molecule has 5 atom stereocenters. The number of aliphatic hydroxyl groups excluding tert-OH is 1. The van der Waals surface area contributed by atoms with Crippen LogP contribution < -0.4 is 5.32 Å². The second-order valence-electron chi connectivity index (χ2n) is 13.9. The van der Waals surface area contributed by atoms with Gasteiger partial charge in [0.2, 0.25) is 0 Å². The molecule has 3 aromatic carbocycles. The number of benzene rings is 3. The van der Waals surface area contributed by atoms with Crippen LogP contribution in [0.15, 0.2) is 97.3 Å². The van der Waals surface area contributed by atoms with E-state index in [4.69, 9.17) is 9.47 Å². The minimum absolute atomic E-state index is 0.0127. The Morgan fingerprint density at radius 2 is 1.65 bits per heavy atom. The molecule has 3 fully saturated rings. The molecular formula is C41H48N4O4. The molecule has 4 aromatic rings. The first-order valence-electron chi connectivity index (χ1n) is 17.9. The summed E-state index contributed by atoms with van der Waals surface area (Å²) < 4.78 is 13.6. The molecule has 1 aromatic heterocycles. The summed E-state index contributed by atoms with van der Waals surface area (Å²) in [5.74, 6) is 0.0161. The molecule has 0 spiro atoms. The van der Waals surface area contributed by atoms with E-state index in [0.29, 0.717) is 18.2 Å². The number of likely N-dealkylation sites (tertiary alicyclic amines) is 2. The van der Waals surface area contributed by atoms with Crippen LogP contribution >= 0.6 is 0 Å². The van der Waals surface area contributed by atoms with Gasteiger partial charge in [0.05, 0.1) is 24.4 Å². The van der Waals surface area contributed by atoms with Gasteiger partial charge in [-0.25, -0.2) is 0 Å². The number of aliphatic hydroxyl groups is 1. The number of pyridine rings is 1. The van der Waals surface area contributed by atoms with E-state index in [0.717, 1.165) is 53.0 Å². The molecule has 0 aliphatic carbocycles. The highest BCUT2D eigenvalue weighted by Gasteiger charge is 2.40. The number of nitrogens with one attached hydrogen (secondary N) is 1. The third-order valence-electron chi connectivity index (χ3n) is 10.5. The average Bonchev–Trinajstić information content (AvgIpc) is 3.84. The SMILES string of the molecule is CC1C(CN2CCCC2CN2CCCC2)OC(c2ccc(-c3cccc(CNC(=O)c4cccnc4)c3)cc2)OC1c1ccc(CO)cc1. The molecule has 0 radical (unpaired) electrons. The number of carbonyl (C=O) groups is 1. The van der Waals surface area contributed by atoms with Crippen LogP contribution in [0.25, 0.3) is 11.1 Å². The Hall–Kier alpha value is -3.92. The van der Waals surface area contributed by atoms with Crippen LogP contribution in [0.3, 0.4) is 0 Å². The molecule has 8 heteroatoms. The lowest BCUT2D eigenvalue weighted by molar-refractivity contribution is -0.276. The summed E-state index contributed by atoms with van der Waals surface area (Å²) >= 11 is 0. The second kappa shape index (κ2) is 15.7. The molecule has 49 heavy (non-hydrogen) atoms. The fraction of sp³-hybridized carbons (Fsp3) is 0.415. The molecule has 3 aliphatic rings. The lowest BCUT2D eigenvalue weighted by Crippen LogP contribution is -2.48. The van der Waals surface area contributed by atoms with Crippen molar-refractivity contribution in [2.45, 2.75) is 70.3 Å². The molecular weight excluding hydrogens is 612 g/mol. The molecule has 3 saturated heterocycles. The maximum Gasteiger partial charge on any atom is 0.253 e. The summed E-state index contributed by atoms with van der Waals surface area (Å²) in [5, 5.41) is 12.6. The molecule has 5 unspecified atom stereocenters. The lowest BCUT2D eigenvalue weighted by atomic mass is 9.89. The van der Waals surface area contributed by atoms with Crippen molar-refractivity contribution in [1.82, 2.24) is 20.1 Å².